The van der Waals surface area contributed by atoms with Gasteiger partial charge in [-0.25, -0.2) is 0 Å². The zero-order chi connectivity index (χ0) is 64.2. The van der Waals surface area contributed by atoms with Crippen LogP contribution in [0.5, 0.6) is 0 Å². The summed E-state index contributed by atoms with van der Waals surface area (Å²) in [6, 6.07) is -6.53. The molecule has 1 saturated heterocycles. The zero-order valence-corrected chi connectivity index (χ0v) is 50.8. The summed E-state index contributed by atoms with van der Waals surface area (Å²) >= 11 is 0. The molecule has 0 aromatic rings. The second kappa shape index (κ2) is 46.1. The van der Waals surface area contributed by atoms with Crippen LogP contribution in [0.2, 0.25) is 0 Å². The molecule has 2 heterocycles. The van der Waals surface area contributed by atoms with Gasteiger partial charge >= 0.3 is 23.9 Å². The van der Waals surface area contributed by atoms with Gasteiger partial charge in [0.1, 0.15) is 36.8 Å². The number of unbranched alkanes of at least 4 members (excludes halogenated alkanes) is 15. The molecule has 0 radical (unpaired) electrons. The van der Waals surface area contributed by atoms with Gasteiger partial charge in [0.05, 0.1) is 32.9 Å². The maximum Gasteiger partial charge on any atom is 0.317 e. The van der Waals surface area contributed by atoms with E-state index < -0.39 is 115 Å². The van der Waals surface area contributed by atoms with Crippen molar-refractivity contribution in [2.75, 3.05) is 65.7 Å². The molecule has 5 atom stereocenters. The van der Waals surface area contributed by atoms with Crippen LogP contribution >= 0.6 is 0 Å². The van der Waals surface area contributed by atoms with Crippen molar-refractivity contribution in [3.8, 4) is 0 Å². The van der Waals surface area contributed by atoms with E-state index in [2.05, 4.69) is 36.9 Å². The van der Waals surface area contributed by atoms with Gasteiger partial charge in [-0.3, -0.25) is 67.4 Å². The Hall–Kier alpha value is -7.07. The molecule has 28 nitrogen and oxygen atoms in total. The van der Waals surface area contributed by atoms with Crippen molar-refractivity contribution in [2.24, 2.45) is 10.7 Å². The van der Waals surface area contributed by atoms with E-state index in [1.165, 1.54) is 56.8 Å². The number of aliphatic imine (C=N–C) groups is 1. The van der Waals surface area contributed by atoms with Crippen molar-refractivity contribution in [2.45, 2.75) is 217 Å². The van der Waals surface area contributed by atoms with Crippen molar-refractivity contribution < 1.29 is 87.4 Å². The summed E-state index contributed by atoms with van der Waals surface area (Å²) in [6.07, 6.45) is 20.4. The number of carbonyl (C=O) groups is 12. The Kier molecular flexibility index (Phi) is 40.3. The first-order valence-electron chi connectivity index (χ1n) is 30.9. The fraction of sp³-hybridized carbons (Fsp3) is 0.746. The summed E-state index contributed by atoms with van der Waals surface area (Å²) < 4.78 is 10.9. The second-order valence-corrected chi connectivity index (χ2v) is 22.1. The highest BCUT2D eigenvalue weighted by molar-refractivity contribution is 5.96. The van der Waals surface area contributed by atoms with Gasteiger partial charge < -0.3 is 72.4 Å². The molecule has 2 rings (SSSR count). The number of likely N-dealkylation sites (tertiary alicyclic amines) is 1. The summed E-state index contributed by atoms with van der Waals surface area (Å²) in [5.74, 6) is -9.71. The Bertz CT molecular complexity index is 2230. The number of nitrogens with zero attached hydrogens (tertiary/aromatic N) is 3. The maximum atomic E-state index is 14.1. The molecule has 0 saturated carbocycles. The number of nitrogens with one attached hydrogen (secondary N) is 6. The summed E-state index contributed by atoms with van der Waals surface area (Å²) in [5, 5.41) is 52.7. The van der Waals surface area contributed by atoms with Gasteiger partial charge in [-0.05, 0) is 77.2 Å². The maximum absolute atomic E-state index is 14.1. The molecule has 0 aromatic carbocycles. The van der Waals surface area contributed by atoms with Gasteiger partial charge in [0, 0.05) is 70.6 Å². The largest absolute Gasteiger partial charge is 0.481 e. The minimum atomic E-state index is -1.60. The quantitative estimate of drug-likeness (QED) is 0.0390. The SMILES string of the molecule is CC(=O)N1CCC[C@H]1C(=O)N[C@@H](CC1=CCC=N1)C(=O)N[C@@H](CCC(=O)O)C(=O)N[C@@H](CCCCN(CC(=O)O)CC(=O)O)C(=O)N[C@@H](CCCCNC(=O)COCCOCCNC(=O)CCCCCCCCCCCCCCCCC(=O)O)C(N)=O. The van der Waals surface area contributed by atoms with Crippen molar-refractivity contribution >= 4 is 77.3 Å². The van der Waals surface area contributed by atoms with Crippen LogP contribution in [0.25, 0.3) is 0 Å². The topological polar surface area (TPSA) is 421 Å². The van der Waals surface area contributed by atoms with E-state index >= 15 is 0 Å². The average molecular weight is 1240 g/mol. The first-order chi connectivity index (χ1) is 41.7. The predicted octanol–water partition coefficient (Wildman–Crippen LogP) is 2.44. The van der Waals surface area contributed by atoms with Gasteiger partial charge in [-0.1, -0.05) is 83.1 Å². The van der Waals surface area contributed by atoms with Crippen LogP contribution in [-0.4, -0.2) is 203 Å². The van der Waals surface area contributed by atoms with Crippen molar-refractivity contribution in [3.05, 3.63) is 11.8 Å². The summed E-state index contributed by atoms with van der Waals surface area (Å²) in [6.45, 7) is 1.31. The van der Waals surface area contributed by atoms with E-state index in [0.717, 1.165) is 49.8 Å². The predicted molar refractivity (Wildman–Crippen MR) is 319 cm³/mol. The van der Waals surface area contributed by atoms with Gasteiger partial charge in [-0.15, -0.1) is 0 Å². The lowest BCUT2D eigenvalue weighted by atomic mass is 10.0. The molecule has 87 heavy (non-hydrogen) atoms. The number of amides is 8. The average Bonchev–Trinajstić information content (AvgIpc) is 2.93. The van der Waals surface area contributed by atoms with E-state index in [1.807, 2.05) is 0 Å². The summed E-state index contributed by atoms with van der Waals surface area (Å²) in [7, 11) is 0. The third-order valence-electron chi connectivity index (χ3n) is 14.7. The molecule has 2 aliphatic heterocycles. The number of hydrogen-bond donors (Lipinski definition) is 11. The number of carboxylic acids is 4. The monoisotopic (exact) mass is 1230 g/mol. The molecule has 28 heteroatoms. The molecule has 0 bridgehead atoms. The fourth-order valence-corrected chi connectivity index (χ4v) is 10.0. The number of aliphatic carboxylic acids is 4. The number of hydrogen-bond acceptors (Lipinski definition) is 16. The van der Waals surface area contributed by atoms with Crippen molar-refractivity contribution in [1.82, 2.24) is 41.7 Å². The first-order valence-corrected chi connectivity index (χ1v) is 30.9. The third kappa shape index (κ3) is 37.3. The number of nitrogens with two attached hydrogens (primary N) is 1. The lowest BCUT2D eigenvalue weighted by Gasteiger charge is -2.28. The van der Waals surface area contributed by atoms with Gasteiger partial charge in [0.2, 0.25) is 47.3 Å². The smallest absolute Gasteiger partial charge is 0.317 e. The third-order valence-corrected chi connectivity index (χ3v) is 14.7. The van der Waals surface area contributed by atoms with E-state index in [1.54, 1.807) is 12.3 Å². The van der Waals surface area contributed by atoms with E-state index in [9.17, 15) is 72.9 Å². The number of carbonyl (C=O) groups excluding carboxylic acids is 8. The van der Waals surface area contributed by atoms with E-state index in [4.69, 9.17) is 20.3 Å². The number of carboxylic acid groups (broad SMARTS) is 4. The molecule has 0 spiro atoms. The van der Waals surface area contributed by atoms with Crippen LogP contribution in [0.1, 0.15) is 187 Å². The van der Waals surface area contributed by atoms with Crippen LogP contribution in [0.3, 0.4) is 0 Å². The zero-order valence-electron chi connectivity index (χ0n) is 50.8. The number of ether oxygens (including phenoxy) is 2. The van der Waals surface area contributed by atoms with E-state index in [0.29, 0.717) is 50.9 Å². The highest BCUT2D eigenvalue weighted by Gasteiger charge is 2.36. The van der Waals surface area contributed by atoms with Gasteiger partial charge in [-0.2, -0.15) is 0 Å². The highest BCUT2D eigenvalue weighted by Crippen LogP contribution is 2.20. The number of primary amides is 1. The van der Waals surface area contributed by atoms with Crippen LogP contribution in [0.15, 0.2) is 16.8 Å². The lowest BCUT2D eigenvalue weighted by Crippen LogP contribution is -2.59. The lowest BCUT2D eigenvalue weighted by molar-refractivity contribution is -0.142. The molecular weight excluding hydrogens is 1140 g/mol. The molecular formula is C59H98N10O18. The first kappa shape index (κ1) is 76.0. The van der Waals surface area contributed by atoms with Gasteiger partial charge in [0.25, 0.3) is 0 Å². The van der Waals surface area contributed by atoms with Crippen LogP contribution in [-0.2, 0) is 67.0 Å². The Morgan fingerprint density at radius 1 is 0.575 bits per heavy atom. The fourth-order valence-electron chi connectivity index (χ4n) is 10.0. The Morgan fingerprint density at radius 2 is 1.09 bits per heavy atom. The summed E-state index contributed by atoms with van der Waals surface area (Å²) in [4.78, 5) is 157. The van der Waals surface area contributed by atoms with Crippen LogP contribution in [0, 0.1) is 0 Å². The van der Waals surface area contributed by atoms with Gasteiger partial charge in [0.15, 0.2) is 0 Å². The molecule has 492 valence electrons. The van der Waals surface area contributed by atoms with Crippen molar-refractivity contribution in [1.29, 1.82) is 0 Å². The Balaban J connectivity index is 1.85. The molecule has 0 unspecified atom stereocenters. The number of allylic oxidation sites excluding steroid dienone is 1. The minimum absolute atomic E-state index is 0.00569. The second-order valence-electron chi connectivity index (χ2n) is 22.1. The minimum Gasteiger partial charge on any atom is -0.481 e. The van der Waals surface area contributed by atoms with Crippen molar-refractivity contribution in [3.63, 3.8) is 0 Å². The molecule has 1 fully saturated rings. The normalized spacial score (nSPS) is 14.9. The van der Waals surface area contributed by atoms with E-state index in [-0.39, 0.29) is 96.3 Å². The summed E-state index contributed by atoms with van der Waals surface area (Å²) in [5.41, 5.74) is 6.14. The Labute approximate surface area is 510 Å². The highest BCUT2D eigenvalue weighted by atomic mass is 16.5. The standard InChI is InChI=1S/C59H98N10O18/c1-42(70)69-34-21-25-48(69)59(85)67-47(38-43-22-20-31-61-43)58(84)66-46(28-29-52(75)76)57(83)65-45(24-17-19-33-68(39-53(77)78)40-54(79)80)56(82)64-44(55(60)81)23-16-18-30-62-50(72)41-87-37-36-86-35-32-63-49(71)26-14-12-10-8-6-4-2-3-5-7-9-11-13-15-27-51(73)74/h22,31,44-48H,2-21,23-30,32-41H2,1H3,(H2,60,81)(H,62,72)(H,63,71)(H,64,82)(H,65,83)(H,66,84)(H,67,85)(H,73,74)(H,75,76)(H,77,78)(H,79,80)/t44-,45-,46-,47-,48-/m0/s1. The molecule has 2 aliphatic rings. The van der Waals surface area contributed by atoms with Crippen LogP contribution in [0.4, 0.5) is 0 Å². The molecule has 8 amide bonds. The molecule has 0 aliphatic carbocycles. The Morgan fingerprint density at radius 3 is 1.64 bits per heavy atom. The molecule has 12 N–H and O–H groups in total. The number of rotatable bonds is 53. The molecule has 0 aromatic heterocycles. The van der Waals surface area contributed by atoms with Crippen LogP contribution < -0.4 is 37.6 Å².